The Labute approximate surface area is 197 Å². The molecule has 0 saturated heterocycles. The van der Waals surface area contributed by atoms with Gasteiger partial charge < -0.3 is 9.47 Å². The van der Waals surface area contributed by atoms with Crippen LogP contribution in [-0.2, 0) is 32.5 Å². The quantitative estimate of drug-likeness (QED) is 0.312. The molecule has 1 atom stereocenters. The summed E-state index contributed by atoms with van der Waals surface area (Å²) in [6.07, 6.45) is 4.19. The highest BCUT2D eigenvalue weighted by Gasteiger charge is 2.55. The van der Waals surface area contributed by atoms with Crippen molar-refractivity contribution in [3.63, 3.8) is 0 Å². The zero-order valence-electron chi connectivity index (χ0n) is 18.9. The number of pyridine rings is 2. The minimum atomic E-state index is -1.22. The lowest BCUT2D eigenvalue weighted by Crippen LogP contribution is -2.42. The third-order valence-corrected chi connectivity index (χ3v) is 8.15. The number of carbonyl (C=O) groups is 2. The molecule has 1 aliphatic carbocycles. The molecule has 32 heavy (non-hydrogen) atoms. The maximum Gasteiger partial charge on any atom is 0.339 e. The fourth-order valence-electron chi connectivity index (χ4n) is 4.32. The van der Waals surface area contributed by atoms with Crippen LogP contribution < -0.4 is 4.90 Å². The lowest BCUT2D eigenvalue weighted by molar-refractivity contribution is -0.124. The molecule has 0 N–H and O–H groups in total. The van der Waals surface area contributed by atoms with Crippen molar-refractivity contribution < 1.29 is 19.1 Å². The number of hydrogen-bond donors (Lipinski definition) is 0. The average Bonchev–Trinajstić information content (AvgIpc) is 3.21. The molecule has 1 spiro atoms. The topological polar surface area (TPSA) is 81.6 Å². The lowest BCUT2D eigenvalue weighted by atomic mass is 9.79. The summed E-state index contributed by atoms with van der Waals surface area (Å²) in [5.41, 5.74) is 2.24. The highest BCUT2D eigenvalue weighted by Crippen LogP contribution is 2.49. The average molecular weight is 518 g/mol. The van der Waals surface area contributed by atoms with Gasteiger partial charge in [-0.15, -0.1) is 0 Å². The van der Waals surface area contributed by atoms with Crippen LogP contribution in [0.3, 0.4) is 0 Å². The zero-order chi connectivity index (χ0) is 23.1. The number of rotatable bonds is 7. The summed E-state index contributed by atoms with van der Waals surface area (Å²) in [4.78, 5) is 36.7. The van der Waals surface area contributed by atoms with E-state index in [0.717, 1.165) is 27.3 Å². The van der Waals surface area contributed by atoms with Gasteiger partial charge in [0.1, 0.15) is 12.5 Å². The molecule has 7 nitrogen and oxygen atoms in total. The summed E-state index contributed by atoms with van der Waals surface area (Å²) in [6.45, 7) is 9.79. The first-order chi connectivity index (χ1) is 15.1. The largest absolute Gasteiger partial charge is 0.462 e. The van der Waals surface area contributed by atoms with Crippen LogP contribution in [0.5, 0.6) is 0 Å². The van der Waals surface area contributed by atoms with Gasteiger partial charge in [-0.05, 0) is 53.0 Å². The van der Waals surface area contributed by atoms with E-state index in [9.17, 15) is 9.59 Å². The van der Waals surface area contributed by atoms with Crippen LogP contribution >= 0.6 is 15.9 Å². The predicted octanol–water partition coefficient (Wildman–Crippen LogP) is 4.11. The van der Waals surface area contributed by atoms with Gasteiger partial charge in [-0.25, -0.2) is 9.78 Å². The standard InChI is InChI=1S/C23H28BrN3O4Si/c1-5-31-21(28)16-8-15-10-23(11-19(15)25-12-16)18-9-17(24)13-26-20(18)27(22(23)29)14-30-6-7-32(2,3)4/h8-9,12-13H,5-7,10-11,14H2,1-4H3/t23-/m0/s1. The second kappa shape index (κ2) is 8.68. The van der Waals surface area contributed by atoms with Crippen LogP contribution in [0.2, 0.25) is 25.7 Å². The second-order valence-corrected chi connectivity index (χ2v) is 16.1. The maximum atomic E-state index is 13.8. The number of fused-ring (bicyclic) bond motifs is 3. The van der Waals surface area contributed by atoms with Crippen molar-refractivity contribution in [2.45, 2.75) is 50.9 Å². The first-order valence-corrected chi connectivity index (χ1v) is 15.4. The third-order valence-electron chi connectivity index (χ3n) is 6.01. The Bertz CT molecular complexity index is 1070. The van der Waals surface area contributed by atoms with Gasteiger partial charge >= 0.3 is 5.97 Å². The first kappa shape index (κ1) is 23.1. The Hall–Kier alpha value is -2.10. The van der Waals surface area contributed by atoms with Gasteiger partial charge in [-0.3, -0.25) is 14.7 Å². The van der Waals surface area contributed by atoms with Crippen molar-refractivity contribution in [2.75, 3.05) is 24.8 Å². The fourth-order valence-corrected chi connectivity index (χ4v) is 5.40. The van der Waals surface area contributed by atoms with Crippen molar-refractivity contribution in [1.82, 2.24) is 9.97 Å². The number of carbonyl (C=O) groups excluding carboxylic acids is 2. The Morgan fingerprint density at radius 2 is 2.00 bits per heavy atom. The maximum absolute atomic E-state index is 13.8. The Morgan fingerprint density at radius 1 is 1.22 bits per heavy atom. The van der Waals surface area contributed by atoms with Gasteiger partial charge in [0.2, 0.25) is 5.91 Å². The van der Waals surface area contributed by atoms with E-state index in [1.54, 1.807) is 24.1 Å². The second-order valence-electron chi connectivity index (χ2n) is 9.59. The summed E-state index contributed by atoms with van der Waals surface area (Å²) in [7, 11) is -1.22. The molecule has 0 saturated carbocycles. The number of aromatic nitrogens is 2. The van der Waals surface area contributed by atoms with Gasteiger partial charge in [-0.1, -0.05) is 19.6 Å². The number of nitrogens with zero attached hydrogens (tertiary/aromatic N) is 3. The minimum absolute atomic E-state index is 0.0261. The predicted molar refractivity (Wildman–Crippen MR) is 128 cm³/mol. The van der Waals surface area contributed by atoms with Gasteiger partial charge in [-0.2, -0.15) is 0 Å². The van der Waals surface area contributed by atoms with Crippen LogP contribution in [0.1, 0.15) is 34.1 Å². The molecule has 0 radical (unpaired) electrons. The molecular weight excluding hydrogens is 490 g/mol. The molecule has 2 aliphatic rings. The molecule has 9 heteroatoms. The minimum Gasteiger partial charge on any atom is -0.462 e. The highest BCUT2D eigenvalue weighted by atomic mass is 79.9. The van der Waals surface area contributed by atoms with E-state index in [0.29, 0.717) is 37.4 Å². The highest BCUT2D eigenvalue weighted by molar-refractivity contribution is 9.10. The smallest absolute Gasteiger partial charge is 0.339 e. The van der Waals surface area contributed by atoms with Gasteiger partial charge in [0, 0.05) is 49.2 Å². The molecule has 2 aromatic heterocycles. The molecular formula is C23H28BrN3O4Si. The molecule has 0 aromatic carbocycles. The van der Waals surface area contributed by atoms with E-state index in [1.807, 2.05) is 6.07 Å². The van der Waals surface area contributed by atoms with E-state index >= 15 is 0 Å². The summed E-state index contributed by atoms with van der Waals surface area (Å²) >= 11 is 3.51. The summed E-state index contributed by atoms with van der Waals surface area (Å²) in [5.74, 6) is 0.218. The molecule has 0 bridgehead atoms. The molecule has 0 fully saturated rings. The molecule has 4 rings (SSSR count). The molecule has 170 valence electrons. The van der Waals surface area contributed by atoms with Crippen LogP contribution in [0.15, 0.2) is 29.0 Å². The van der Waals surface area contributed by atoms with Crippen LogP contribution in [0.4, 0.5) is 5.82 Å². The number of hydrogen-bond acceptors (Lipinski definition) is 6. The van der Waals surface area contributed by atoms with Crippen molar-refractivity contribution in [1.29, 1.82) is 0 Å². The zero-order valence-corrected chi connectivity index (χ0v) is 21.5. The summed E-state index contributed by atoms with van der Waals surface area (Å²) in [6, 6.07) is 4.81. The molecule has 1 amide bonds. The van der Waals surface area contributed by atoms with Gasteiger partial charge in [0.15, 0.2) is 0 Å². The molecule has 3 heterocycles. The number of halogens is 1. The van der Waals surface area contributed by atoms with E-state index in [1.165, 1.54) is 6.20 Å². The van der Waals surface area contributed by atoms with Crippen molar-refractivity contribution in [3.8, 4) is 0 Å². The number of amides is 1. The van der Waals surface area contributed by atoms with E-state index in [-0.39, 0.29) is 12.6 Å². The SMILES string of the molecule is CCOC(=O)c1cnc2c(c1)C[C@@]1(C2)C(=O)N(COCC[Si](C)(C)C)c2ncc(Br)cc21. The number of ether oxygens (including phenoxy) is 2. The van der Waals surface area contributed by atoms with Crippen molar-refractivity contribution in [2.24, 2.45) is 0 Å². The van der Waals surface area contributed by atoms with Crippen molar-refractivity contribution >= 4 is 41.7 Å². The molecule has 2 aromatic rings. The van der Waals surface area contributed by atoms with Gasteiger partial charge in [0.05, 0.1) is 17.6 Å². The Morgan fingerprint density at radius 3 is 2.72 bits per heavy atom. The monoisotopic (exact) mass is 517 g/mol. The molecule has 1 aliphatic heterocycles. The lowest BCUT2D eigenvalue weighted by Gasteiger charge is -2.23. The van der Waals surface area contributed by atoms with Crippen LogP contribution in [0, 0.1) is 0 Å². The van der Waals surface area contributed by atoms with Crippen LogP contribution in [0.25, 0.3) is 0 Å². The third kappa shape index (κ3) is 4.25. The Balaban J connectivity index is 1.62. The van der Waals surface area contributed by atoms with Crippen molar-refractivity contribution in [3.05, 3.63) is 51.4 Å². The van der Waals surface area contributed by atoms with Crippen LogP contribution in [-0.4, -0.2) is 49.9 Å². The van der Waals surface area contributed by atoms with Gasteiger partial charge in [0.25, 0.3) is 0 Å². The van der Waals surface area contributed by atoms with E-state index in [4.69, 9.17) is 9.47 Å². The summed E-state index contributed by atoms with van der Waals surface area (Å²) in [5, 5.41) is 0. The first-order valence-electron chi connectivity index (χ1n) is 10.9. The van der Waals surface area contributed by atoms with E-state index < -0.39 is 19.5 Å². The van der Waals surface area contributed by atoms with E-state index in [2.05, 4.69) is 45.5 Å². The Kier molecular flexibility index (Phi) is 6.26. The normalized spacial score (nSPS) is 19.4. The summed E-state index contributed by atoms with van der Waals surface area (Å²) < 4.78 is 11.8. The molecule has 0 unspecified atom stereocenters. The number of esters is 1. The fraction of sp³-hybridized carbons (Fsp3) is 0.478. The number of anilines is 1.